The number of imide groups is 1. The topological polar surface area (TPSA) is 86.7 Å². The van der Waals surface area contributed by atoms with Crippen LogP contribution in [0.25, 0.3) is 11.1 Å². The number of aliphatic hydroxyl groups excluding tert-OH is 1. The molecule has 2 aliphatic rings. The van der Waals surface area contributed by atoms with Crippen LogP contribution in [-0.4, -0.2) is 40.4 Å². The molecule has 0 aromatic heterocycles. The molecule has 1 unspecified atom stereocenters. The van der Waals surface area contributed by atoms with E-state index in [0.29, 0.717) is 18.5 Å². The number of nitrogens with zero attached hydrogens (tertiary/aromatic N) is 1. The molecule has 2 aliphatic heterocycles. The van der Waals surface area contributed by atoms with Crippen LogP contribution >= 0.6 is 0 Å². The van der Waals surface area contributed by atoms with Crippen LogP contribution in [0.4, 0.5) is 0 Å². The number of unbranched alkanes of at least 4 members (excludes halogenated alkanes) is 1. The summed E-state index contributed by atoms with van der Waals surface area (Å²) in [6.45, 7) is 0.606. The van der Waals surface area contributed by atoms with Gasteiger partial charge in [0.2, 0.25) is 11.8 Å². The SMILES string of the molecule is O=C1CCC(N2Cc3cc(-c4ccc(CCCCO)cc4)ccc3C2=O)C(=O)N1. The summed E-state index contributed by atoms with van der Waals surface area (Å²) in [6.07, 6.45) is 3.35. The van der Waals surface area contributed by atoms with Crippen molar-refractivity contribution in [2.75, 3.05) is 6.61 Å². The number of amides is 3. The number of aliphatic hydroxyl groups is 1. The average Bonchev–Trinajstić information content (AvgIpc) is 3.04. The summed E-state index contributed by atoms with van der Waals surface area (Å²) in [6, 6.07) is 13.5. The Morgan fingerprint density at radius 1 is 1.00 bits per heavy atom. The van der Waals surface area contributed by atoms with Gasteiger partial charge in [-0.15, -0.1) is 0 Å². The van der Waals surface area contributed by atoms with Crippen molar-refractivity contribution in [2.24, 2.45) is 0 Å². The Morgan fingerprint density at radius 3 is 2.48 bits per heavy atom. The molecule has 2 N–H and O–H groups in total. The molecule has 2 heterocycles. The molecule has 3 amide bonds. The van der Waals surface area contributed by atoms with E-state index in [9.17, 15) is 14.4 Å². The summed E-state index contributed by atoms with van der Waals surface area (Å²) >= 11 is 0. The van der Waals surface area contributed by atoms with Crippen LogP contribution < -0.4 is 5.32 Å². The second-order valence-electron chi connectivity index (χ2n) is 7.65. The molecule has 0 aliphatic carbocycles. The highest BCUT2D eigenvalue weighted by atomic mass is 16.3. The highest BCUT2D eigenvalue weighted by molar-refractivity contribution is 6.05. The summed E-state index contributed by atoms with van der Waals surface area (Å²) in [4.78, 5) is 37.9. The van der Waals surface area contributed by atoms with Crippen molar-refractivity contribution in [2.45, 2.75) is 44.7 Å². The molecule has 0 spiro atoms. The normalized spacial score (nSPS) is 18.7. The lowest BCUT2D eigenvalue weighted by Crippen LogP contribution is -2.52. The molecule has 0 bridgehead atoms. The van der Waals surface area contributed by atoms with E-state index >= 15 is 0 Å². The minimum absolute atomic E-state index is 0.153. The van der Waals surface area contributed by atoms with Crippen molar-refractivity contribution >= 4 is 17.7 Å². The van der Waals surface area contributed by atoms with Gasteiger partial charge in [-0.25, -0.2) is 0 Å². The Morgan fingerprint density at radius 2 is 1.76 bits per heavy atom. The van der Waals surface area contributed by atoms with E-state index in [2.05, 4.69) is 29.6 Å². The Kier molecular flexibility index (Phi) is 5.45. The lowest BCUT2D eigenvalue weighted by molar-refractivity contribution is -0.136. The number of carbonyl (C=O) groups excluding carboxylic acids is 3. The molecule has 2 aromatic rings. The number of hydrogen-bond donors (Lipinski definition) is 2. The van der Waals surface area contributed by atoms with Gasteiger partial charge in [0.25, 0.3) is 5.91 Å². The quantitative estimate of drug-likeness (QED) is 0.584. The van der Waals surface area contributed by atoms with Crippen LogP contribution in [0.2, 0.25) is 0 Å². The third-order valence-electron chi connectivity index (χ3n) is 5.68. The predicted octanol–water partition coefficient (Wildman–Crippen LogP) is 2.43. The zero-order chi connectivity index (χ0) is 20.4. The van der Waals surface area contributed by atoms with Crippen LogP contribution in [0.5, 0.6) is 0 Å². The lowest BCUT2D eigenvalue weighted by atomic mass is 9.98. The van der Waals surface area contributed by atoms with Crippen molar-refractivity contribution in [3.63, 3.8) is 0 Å². The molecule has 1 atom stereocenters. The molecule has 4 rings (SSSR count). The number of rotatable bonds is 6. The standard InChI is InChI=1S/C23H24N2O4/c26-12-2-1-3-15-4-6-16(7-5-15)17-8-9-19-18(13-17)14-25(23(19)29)20-10-11-21(27)24-22(20)28/h4-9,13,20,26H,1-3,10-12,14H2,(H,24,27,28). The zero-order valence-electron chi connectivity index (χ0n) is 16.2. The zero-order valence-corrected chi connectivity index (χ0v) is 16.2. The first-order chi connectivity index (χ1) is 14.1. The number of nitrogens with one attached hydrogen (secondary N) is 1. The van der Waals surface area contributed by atoms with Crippen molar-refractivity contribution in [3.05, 3.63) is 59.2 Å². The monoisotopic (exact) mass is 392 g/mol. The van der Waals surface area contributed by atoms with Gasteiger partial charge in [-0.1, -0.05) is 30.3 Å². The predicted molar refractivity (Wildman–Crippen MR) is 108 cm³/mol. The van der Waals surface area contributed by atoms with E-state index in [1.165, 1.54) is 5.56 Å². The molecule has 0 radical (unpaired) electrons. The molecule has 1 fully saturated rings. The molecule has 6 heteroatoms. The molecular formula is C23H24N2O4. The number of aryl methyl sites for hydroxylation is 1. The van der Waals surface area contributed by atoms with Gasteiger partial charge in [-0.2, -0.15) is 0 Å². The first-order valence-corrected chi connectivity index (χ1v) is 10.0. The van der Waals surface area contributed by atoms with Crippen molar-refractivity contribution in [1.29, 1.82) is 0 Å². The Labute approximate surface area is 169 Å². The maximum atomic E-state index is 12.8. The van der Waals surface area contributed by atoms with E-state index in [4.69, 9.17) is 5.11 Å². The van der Waals surface area contributed by atoms with Crippen molar-refractivity contribution < 1.29 is 19.5 Å². The van der Waals surface area contributed by atoms with Gasteiger partial charge in [0.05, 0.1) is 0 Å². The summed E-state index contributed by atoms with van der Waals surface area (Å²) < 4.78 is 0. The first-order valence-electron chi connectivity index (χ1n) is 10.0. The minimum atomic E-state index is -0.589. The first kappa shape index (κ1) is 19.3. The number of carbonyl (C=O) groups is 3. The Balaban J connectivity index is 1.50. The Bertz CT molecular complexity index is 952. The molecule has 1 saturated heterocycles. The van der Waals surface area contributed by atoms with Crippen LogP contribution in [0, 0.1) is 0 Å². The van der Waals surface area contributed by atoms with Crippen molar-refractivity contribution in [1.82, 2.24) is 10.2 Å². The maximum Gasteiger partial charge on any atom is 0.255 e. The number of benzene rings is 2. The van der Waals surface area contributed by atoms with E-state index in [0.717, 1.165) is 36.0 Å². The third kappa shape index (κ3) is 3.93. The Hall–Kier alpha value is -2.99. The highest BCUT2D eigenvalue weighted by Gasteiger charge is 2.39. The van der Waals surface area contributed by atoms with Gasteiger partial charge in [0, 0.05) is 25.1 Å². The average molecular weight is 392 g/mol. The number of fused-ring (bicyclic) bond motifs is 1. The van der Waals surface area contributed by atoms with Gasteiger partial charge < -0.3 is 10.0 Å². The summed E-state index contributed by atoms with van der Waals surface area (Å²) in [5.74, 6) is -0.822. The van der Waals surface area contributed by atoms with E-state index in [1.807, 2.05) is 18.2 Å². The molecule has 150 valence electrons. The fourth-order valence-electron chi connectivity index (χ4n) is 4.06. The van der Waals surface area contributed by atoms with Crippen molar-refractivity contribution in [3.8, 4) is 11.1 Å². The summed E-state index contributed by atoms with van der Waals surface area (Å²) in [5, 5.41) is 11.2. The second-order valence-corrected chi connectivity index (χ2v) is 7.65. The lowest BCUT2D eigenvalue weighted by Gasteiger charge is -2.29. The fraction of sp³-hybridized carbons (Fsp3) is 0.348. The highest BCUT2D eigenvalue weighted by Crippen LogP contribution is 2.31. The minimum Gasteiger partial charge on any atom is -0.396 e. The van der Waals surface area contributed by atoms with Crippen LogP contribution in [0.1, 0.15) is 47.2 Å². The molecule has 29 heavy (non-hydrogen) atoms. The van der Waals surface area contributed by atoms with Gasteiger partial charge in [0.15, 0.2) is 0 Å². The summed E-state index contributed by atoms with van der Waals surface area (Å²) in [5.41, 5.74) is 4.88. The van der Waals surface area contributed by atoms with Gasteiger partial charge in [-0.05, 0) is 60.1 Å². The van der Waals surface area contributed by atoms with Crippen LogP contribution in [0.3, 0.4) is 0 Å². The molecular weight excluding hydrogens is 368 g/mol. The molecule has 2 aromatic carbocycles. The van der Waals surface area contributed by atoms with Gasteiger partial charge in [-0.3, -0.25) is 19.7 Å². The number of hydrogen-bond acceptors (Lipinski definition) is 4. The van der Waals surface area contributed by atoms with Gasteiger partial charge in [0.1, 0.15) is 6.04 Å². The third-order valence-corrected chi connectivity index (χ3v) is 5.68. The second kappa shape index (κ2) is 8.17. The number of piperidine rings is 1. The van der Waals surface area contributed by atoms with E-state index in [1.54, 1.807) is 4.90 Å². The largest absolute Gasteiger partial charge is 0.396 e. The van der Waals surface area contributed by atoms with E-state index in [-0.39, 0.29) is 30.7 Å². The molecule has 0 saturated carbocycles. The van der Waals surface area contributed by atoms with Gasteiger partial charge >= 0.3 is 0 Å². The van der Waals surface area contributed by atoms with E-state index < -0.39 is 6.04 Å². The van der Waals surface area contributed by atoms with Crippen LogP contribution in [-0.2, 0) is 22.6 Å². The molecule has 6 nitrogen and oxygen atoms in total. The maximum absolute atomic E-state index is 12.8. The summed E-state index contributed by atoms with van der Waals surface area (Å²) in [7, 11) is 0. The fourth-order valence-corrected chi connectivity index (χ4v) is 4.06. The van der Waals surface area contributed by atoms with Crippen LogP contribution in [0.15, 0.2) is 42.5 Å². The smallest absolute Gasteiger partial charge is 0.255 e.